The molecule has 0 aromatic carbocycles. The first kappa shape index (κ1) is 8.60. The molecule has 0 amide bonds. The third-order valence-electron chi connectivity index (χ3n) is 1.27. The molecule has 0 radical (unpaired) electrons. The van der Waals surface area contributed by atoms with Crippen molar-refractivity contribution in [2.75, 3.05) is 0 Å². The summed E-state index contributed by atoms with van der Waals surface area (Å²) < 4.78 is 0. The summed E-state index contributed by atoms with van der Waals surface area (Å²) in [6.45, 7) is 0. The van der Waals surface area contributed by atoms with Crippen LogP contribution in [0.2, 0.25) is 0 Å². The Morgan fingerprint density at radius 2 is 2.50 bits per heavy atom. The topological polar surface area (TPSA) is 107 Å². The summed E-state index contributed by atoms with van der Waals surface area (Å²) >= 11 is 0. The number of aryl methyl sites for hydroxylation is 1. The van der Waals surface area contributed by atoms with E-state index in [1.165, 1.54) is 4.80 Å². The second-order valence-electron chi connectivity index (χ2n) is 2.34. The lowest BCUT2D eigenvalue weighted by Crippen LogP contribution is -2.32. The Hall–Kier alpha value is -1.50. The first-order valence-corrected chi connectivity index (χ1v) is 3.31. The lowest BCUT2D eigenvalue weighted by molar-refractivity contribution is -0.138. The molecule has 0 unspecified atom stereocenters. The predicted molar refractivity (Wildman–Crippen MR) is 38.1 cm³/mol. The molecule has 1 heterocycles. The van der Waals surface area contributed by atoms with E-state index in [0.717, 1.165) is 0 Å². The van der Waals surface area contributed by atoms with Crippen molar-refractivity contribution in [2.24, 2.45) is 12.8 Å². The number of aromatic nitrogens is 4. The Kier molecular flexibility index (Phi) is 2.34. The maximum Gasteiger partial charge on any atom is 0.320 e. The van der Waals surface area contributed by atoms with E-state index in [1.807, 2.05) is 0 Å². The van der Waals surface area contributed by atoms with Crippen LogP contribution in [0.4, 0.5) is 0 Å². The largest absolute Gasteiger partial charge is 0.480 e. The Morgan fingerprint density at radius 1 is 1.83 bits per heavy atom. The van der Waals surface area contributed by atoms with E-state index < -0.39 is 12.0 Å². The van der Waals surface area contributed by atoms with Gasteiger partial charge in [0.25, 0.3) is 0 Å². The van der Waals surface area contributed by atoms with E-state index >= 15 is 0 Å². The van der Waals surface area contributed by atoms with Crippen molar-refractivity contribution in [1.82, 2.24) is 20.2 Å². The van der Waals surface area contributed by atoms with E-state index in [9.17, 15) is 4.79 Å². The number of rotatable bonds is 3. The molecule has 1 aromatic rings. The SMILES string of the molecule is Cn1nnc(C[C@@H](N)C(=O)O)n1. The van der Waals surface area contributed by atoms with Gasteiger partial charge in [0.15, 0.2) is 5.82 Å². The maximum atomic E-state index is 10.3. The molecule has 7 nitrogen and oxygen atoms in total. The van der Waals surface area contributed by atoms with Crippen LogP contribution in [-0.4, -0.2) is 37.3 Å². The van der Waals surface area contributed by atoms with Crippen LogP contribution in [0.15, 0.2) is 0 Å². The van der Waals surface area contributed by atoms with Crippen molar-refractivity contribution < 1.29 is 9.90 Å². The van der Waals surface area contributed by atoms with Gasteiger partial charge in [0.05, 0.1) is 7.05 Å². The minimum Gasteiger partial charge on any atom is -0.480 e. The molecular formula is C5H9N5O2. The summed E-state index contributed by atoms with van der Waals surface area (Å²) in [6, 6.07) is -0.964. The van der Waals surface area contributed by atoms with E-state index in [1.54, 1.807) is 7.05 Å². The van der Waals surface area contributed by atoms with Crippen LogP contribution >= 0.6 is 0 Å². The van der Waals surface area contributed by atoms with Crippen LogP contribution < -0.4 is 5.73 Å². The fourth-order valence-electron chi connectivity index (χ4n) is 0.689. The summed E-state index contributed by atoms with van der Waals surface area (Å²) in [5.41, 5.74) is 5.24. The Labute approximate surface area is 68.2 Å². The van der Waals surface area contributed by atoms with Gasteiger partial charge in [-0.2, -0.15) is 4.80 Å². The zero-order valence-corrected chi connectivity index (χ0v) is 6.51. The minimum absolute atomic E-state index is 0.100. The van der Waals surface area contributed by atoms with Crippen LogP contribution in [0.25, 0.3) is 0 Å². The van der Waals surface area contributed by atoms with Crippen molar-refractivity contribution in [3.63, 3.8) is 0 Å². The van der Waals surface area contributed by atoms with Gasteiger partial charge < -0.3 is 10.8 Å². The Bertz CT molecular complexity index is 283. The molecule has 66 valence electrons. The molecule has 1 rings (SSSR count). The van der Waals surface area contributed by atoms with Gasteiger partial charge in [0, 0.05) is 6.42 Å². The molecule has 0 saturated heterocycles. The number of aliphatic carboxylic acids is 1. The highest BCUT2D eigenvalue weighted by molar-refractivity contribution is 5.73. The highest BCUT2D eigenvalue weighted by Crippen LogP contribution is 1.91. The van der Waals surface area contributed by atoms with E-state index in [0.29, 0.717) is 5.82 Å². The van der Waals surface area contributed by atoms with Gasteiger partial charge in [-0.05, 0) is 5.21 Å². The van der Waals surface area contributed by atoms with Gasteiger partial charge in [-0.15, -0.1) is 10.2 Å². The molecule has 0 fully saturated rings. The molecule has 7 heteroatoms. The number of tetrazole rings is 1. The summed E-state index contributed by atoms with van der Waals surface area (Å²) in [7, 11) is 1.60. The highest BCUT2D eigenvalue weighted by Gasteiger charge is 2.14. The Balaban J connectivity index is 2.58. The quantitative estimate of drug-likeness (QED) is 0.553. The summed E-state index contributed by atoms with van der Waals surface area (Å²) in [4.78, 5) is 11.6. The van der Waals surface area contributed by atoms with Crippen molar-refractivity contribution in [1.29, 1.82) is 0 Å². The zero-order valence-electron chi connectivity index (χ0n) is 6.51. The van der Waals surface area contributed by atoms with Crippen molar-refractivity contribution >= 4 is 5.97 Å². The molecular weight excluding hydrogens is 162 g/mol. The predicted octanol–water partition coefficient (Wildman–Crippen LogP) is -1.84. The van der Waals surface area contributed by atoms with Gasteiger partial charge in [-0.1, -0.05) is 0 Å². The lowest BCUT2D eigenvalue weighted by Gasteiger charge is -2.00. The number of carboxylic acid groups (broad SMARTS) is 1. The molecule has 0 saturated carbocycles. The van der Waals surface area contributed by atoms with Crippen LogP contribution in [-0.2, 0) is 18.3 Å². The smallest absolute Gasteiger partial charge is 0.320 e. The average molecular weight is 171 g/mol. The van der Waals surface area contributed by atoms with Gasteiger partial charge in [-0.25, -0.2) is 0 Å². The maximum absolute atomic E-state index is 10.3. The van der Waals surface area contributed by atoms with Gasteiger partial charge in [0.1, 0.15) is 6.04 Å². The van der Waals surface area contributed by atoms with E-state index in [2.05, 4.69) is 15.4 Å². The normalized spacial score (nSPS) is 12.8. The molecule has 0 aliphatic carbocycles. The number of carboxylic acids is 1. The fourth-order valence-corrected chi connectivity index (χ4v) is 0.689. The number of hydrogen-bond acceptors (Lipinski definition) is 5. The molecule has 1 atom stereocenters. The first-order valence-electron chi connectivity index (χ1n) is 3.31. The third kappa shape index (κ3) is 1.99. The van der Waals surface area contributed by atoms with Crippen molar-refractivity contribution in [2.45, 2.75) is 12.5 Å². The van der Waals surface area contributed by atoms with Crippen LogP contribution in [0.3, 0.4) is 0 Å². The molecule has 12 heavy (non-hydrogen) atoms. The zero-order chi connectivity index (χ0) is 9.14. The van der Waals surface area contributed by atoms with Gasteiger partial charge in [-0.3, -0.25) is 4.79 Å². The second kappa shape index (κ2) is 3.26. The summed E-state index contributed by atoms with van der Waals surface area (Å²) in [6.07, 6.45) is 0.100. The fraction of sp³-hybridized carbons (Fsp3) is 0.600. The third-order valence-corrected chi connectivity index (χ3v) is 1.27. The average Bonchev–Trinajstić information content (AvgIpc) is 2.35. The van der Waals surface area contributed by atoms with Gasteiger partial charge >= 0.3 is 5.97 Å². The molecule has 0 aliphatic heterocycles. The number of carbonyl (C=O) groups is 1. The van der Waals surface area contributed by atoms with Crippen LogP contribution in [0.1, 0.15) is 5.82 Å². The van der Waals surface area contributed by atoms with Gasteiger partial charge in [0.2, 0.25) is 0 Å². The van der Waals surface area contributed by atoms with E-state index in [4.69, 9.17) is 10.8 Å². The minimum atomic E-state index is -1.07. The molecule has 0 bridgehead atoms. The second-order valence-corrected chi connectivity index (χ2v) is 2.34. The number of hydrogen-bond donors (Lipinski definition) is 2. The monoisotopic (exact) mass is 171 g/mol. The van der Waals surface area contributed by atoms with Crippen molar-refractivity contribution in [3.05, 3.63) is 5.82 Å². The number of nitrogens with zero attached hydrogens (tertiary/aromatic N) is 4. The van der Waals surface area contributed by atoms with Crippen LogP contribution in [0.5, 0.6) is 0 Å². The standard InChI is InChI=1S/C5H9N5O2/c1-10-8-4(7-9-10)2-3(6)5(11)12/h3H,2,6H2,1H3,(H,11,12)/t3-/m1/s1. The highest BCUT2D eigenvalue weighted by atomic mass is 16.4. The molecule has 0 spiro atoms. The summed E-state index contributed by atoms with van der Waals surface area (Å²) in [5, 5.41) is 19.4. The number of nitrogens with two attached hydrogens (primary N) is 1. The lowest BCUT2D eigenvalue weighted by atomic mass is 10.2. The van der Waals surface area contributed by atoms with E-state index in [-0.39, 0.29) is 6.42 Å². The Morgan fingerprint density at radius 3 is 2.92 bits per heavy atom. The summed E-state index contributed by atoms with van der Waals surface area (Å²) in [5.74, 6) is -0.727. The molecule has 1 aromatic heterocycles. The first-order chi connectivity index (χ1) is 5.59. The molecule has 3 N–H and O–H groups in total. The van der Waals surface area contributed by atoms with Crippen molar-refractivity contribution in [3.8, 4) is 0 Å². The molecule has 0 aliphatic rings. The van der Waals surface area contributed by atoms with Crippen LogP contribution in [0, 0.1) is 0 Å².